The second kappa shape index (κ2) is 18.0. The van der Waals surface area contributed by atoms with Crippen molar-refractivity contribution in [2.75, 3.05) is 39.7 Å². The number of carbonyl (C=O) groups is 3. The Morgan fingerprint density at radius 3 is 2.07 bits per heavy atom. The van der Waals surface area contributed by atoms with Gasteiger partial charge in [-0.15, -0.1) is 0 Å². The smallest absolute Gasteiger partial charge is 0.257 e. The number of methoxy groups -OCH3 is 3. The van der Waals surface area contributed by atoms with E-state index in [1.807, 2.05) is 30.3 Å². The van der Waals surface area contributed by atoms with Gasteiger partial charge in [-0.05, 0) is 54.5 Å². The molecule has 0 bridgehead atoms. The summed E-state index contributed by atoms with van der Waals surface area (Å²) in [7, 11) is 4.68. The maximum Gasteiger partial charge on any atom is 0.257 e. The van der Waals surface area contributed by atoms with E-state index in [1.165, 1.54) is 0 Å². The molecule has 3 aliphatic rings. The Bertz CT molecular complexity index is 2140. The van der Waals surface area contributed by atoms with Gasteiger partial charge in [0.1, 0.15) is 22.6 Å². The fourth-order valence-corrected chi connectivity index (χ4v) is 8.30. The summed E-state index contributed by atoms with van der Waals surface area (Å²) in [5.41, 5.74) is 6.05. The minimum Gasteiger partial charge on any atom is -0.496 e. The van der Waals surface area contributed by atoms with Crippen LogP contribution in [0.3, 0.4) is 0 Å². The standard InChI is InChI=1S/C42H46Cl2N6O7/c1-54-35-17-26(18-36(55-2)32(35)22-46-21-25-11-15-38(52)48-25)49-40(53)31-9-5-8-30(39(31)44)27-6-4-7-29-28(27)12-13-34(29)57-42-33(43)16-23(41(50-42)56-3)19-45-20-24-10-14-37(51)47-24/h4-9,16-18,24-25,34,45-46H,10-15,19-22H2,1-3H3,(H,47,51)(H,48,52)(H,49,53)/t24-,25-,34-/m0/s1. The molecule has 3 amide bonds. The summed E-state index contributed by atoms with van der Waals surface area (Å²) in [5.74, 6) is 1.52. The molecule has 2 saturated heterocycles. The first kappa shape index (κ1) is 40.1. The van der Waals surface area contributed by atoms with Crippen LogP contribution in [0.4, 0.5) is 5.69 Å². The van der Waals surface area contributed by atoms with Crippen LogP contribution in [0.1, 0.15) is 70.8 Å². The number of pyridine rings is 1. The number of halogens is 2. The van der Waals surface area contributed by atoms with E-state index in [0.717, 1.165) is 46.2 Å². The number of nitrogens with one attached hydrogen (secondary N) is 5. The summed E-state index contributed by atoms with van der Waals surface area (Å²) in [6, 6.07) is 16.9. The third-order valence-electron chi connectivity index (χ3n) is 10.6. The monoisotopic (exact) mass is 816 g/mol. The van der Waals surface area contributed by atoms with Gasteiger partial charge in [-0.25, -0.2) is 0 Å². The Morgan fingerprint density at radius 2 is 1.44 bits per heavy atom. The van der Waals surface area contributed by atoms with Crippen molar-refractivity contribution >= 4 is 46.6 Å². The molecular formula is C42H46Cl2N6O7. The Balaban J connectivity index is 1.04. The van der Waals surface area contributed by atoms with Crippen LogP contribution < -0.4 is 45.5 Å². The molecule has 2 aliphatic heterocycles. The number of amides is 3. The Labute approximate surface area is 341 Å². The van der Waals surface area contributed by atoms with E-state index < -0.39 is 0 Å². The molecule has 3 atom stereocenters. The van der Waals surface area contributed by atoms with Crippen molar-refractivity contribution in [3.8, 4) is 34.4 Å². The maximum atomic E-state index is 13.8. The highest BCUT2D eigenvalue weighted by Gasteiger charge is 2.30. The van der Waals surface area contributed by atoms with Crippen molar-refractivity contribution in [1.29, 1.82) is 0 Å². The van der Waals surface area contributed by atoms with Crippen LogP contribution in [-0.4, -0.2) is 69.2 Å². The van der Waals surface area contributed by atoms with Gasteiger partial charge in [0, 0.05) is 80.1 Å². The molecule has 15 heteroatoms. The lowest BCUT2D eigenvalue weighted by atomic mass is 9.95. The van der Waals surface area contributed by atoms with Crippen LogP contribution in [0.15, 0.2) is 54.6 Å². The molecule has 0 spiro atoms. The molecule has 7 rings (SSSR count). The molecule has 4 aromatic rings. The van der Waals surface area contributed by atoms with E-state index in [9.17, 15) is 14.4 Å². The number of anilines is 1. The van der Waals surface area contributed by atoms with Gasteiger partial charge in [-0.1, -0.05) is 53.5 Å². The molecule has 1 aromatic heterocycles. The van der Waals surface area contributed by atoms with Crippen molar-refractivity contribution in [2.45, 2.75) is 69.8 Å². The number of hydrogen-bond acceptors (Lipinski definition) is 10. The lowest BCUT2D eigenvalue weighted by Crippen LogP contribution is -2.35. The number of ether oxygens (including phenoxy) is 4. The summed E-state index contributed by atoms with van der Waals surface area (Å²) in [6.07, 6.45) is 3.76. The van der Waals surface area contributed by atoms with E-state index in [4.69, 9.17) is 42.1 Å². The fraction of sp³-hybridized carbons (Fsp3) is 0.381. The van der Waals surface area contributed by atoms with Crippen LogP contribution in [0, 0.1) is 0 Å². The zero-order valence-electron chi connectivity index (χ0n) is 32.1. The first-order chi connectivity index (χ1) is 27.6. The van der Waals surface area contributed by atoms with Crippen molar-refractivity contribution in [1.82, 2.24) is 26.3 Å². The number of fused-ring (bicyclic) bond motifs is 1. The van der Waals surface area contributed by atoms with Crippen molar-refractivity contribution in [2.24, 2.45) is 0 Å². The molecule has 57 heavy (non-hydrogen) atoms. The number of nitrogens with zero attached hydrogens (tertiary/aromatic N) is 1. The van der Waals surface area contributed by atoms with Crippen LogP contribution in [0.25, 0.3) is 11.1 Å². The van der Waals surface area contributed by atoms with Gasteiger partial charge >= 0.3 is 0 Å². The highest BCUT2D eigenvalue weighted by Crippen LogP contribution is 2.44. The molecule has 13 nitrogen and oxygen atoms in total. The maximum absolute atomic E-state index is 13.8. The van der Waals surface area contributed by atoms with Crippen LogP contribution in [0.2, 0.25) is 10.0 Å². The van der Waals surface area contributed by atoms with Crippen LogP contribution >= 0.6 is 23.2 Å². The number of benzene rings is 3. The molecule has 3 aromatic carbocycles. The van der Waals surface area contributed by atoms with Gasteiger partial charge in [0.25, 0.3) is 5.91 Å². The lowest BCUT2D eigenvalue weighted by molar-refractivity contribution is -0.120. The Hall–Kier alpha value is -5.08. The topological polar surface area (TPSA) is 161 Å². The largest absolute Gasteiger partial charge is 0.496 e. The fourth-order valence-electron chi connectivity index (χ4n) is 7.76. The van der Waals surface area contributed by atoms with E-state index in [2.05, 4.69) is 31.6 Å². The van der Waals surface area contributed by atoms with Crippen LogP contribution in [0.5, 0.6) is 23.3 Å². The van der Waals surface area contributed by atoms with E-state index in [1.54, 1.807) is 45.6 Å². The molecule has 5 N–H and O–H groups in total. The predicted octanol–water partition coefficient (Wildman–Crippen LogP) is 6.14. The Morgan fingerprint density at radius 1 is 0.789 bits per heavy atom. The van der Waals surface area contributed by atoms with Crippen LogP contribution in [-0.2, 0) is 29.1 Å². The minimum atomic E-state index is -0.388. The summed E-state index contributed by atoms with van der Waals surface area (Å²) < 4.78 is 23.4. The predicted molar refractivity (Wildman–Crippen MR) is 218 cm³/mol. The zero-order chi connectivity index (χ0) is 40.1. The number of aromatic nitrogens is 1. The molecule has 300 valence electrons. The normalized spacial score (nSPS) is 18.5. The van der Waals surface area contributed by atoms with Gasteiger partial charge in [0.2, 0.25) is 23.6 Å². The zero-order valence-corrected chi connectivity index (χ0v) is 33.6. The average molecular weight is 818 g/mol. The molecular weight excluding hydrogens is 771 g/mol. The highest BCUT2D eigenvalue weighted by atomic mass is 35.5. The highest BCUT2D eigenvalue weighted by molar-refractivity contribution is 6.37. The summed E-state index contributed by atoms with van der Waals surface area (Å²) in [4.78, 5) is 41.5. The third-order valence-corrected chi connectivity index (χ3v) is 11.3. The van der Waals surface area contributed by atoms with E-state index in [0.29, 0.717) is 90.5 Å². The summed E-state index contributed by atoms with van der Waals surface area (Å²) in [5, 5.41) is 16.3. The number of rotatable bonds is 16. The molecule has 0 unspecified atom stereocenters. The Kier molecular flexibility index (Phi) is 12.7. The minimum absolute atomic E-state index is 0.0660. The van der Waals surface area contributed by atoms with Gasteiger partial charge in [0.05, 0.1) is 37.5 Å². The summed E-state index contributed by atoms with van der Waals surface area (Å²) >= 11 is 13.8. The van der Waals surface area contributed by atoms with Crippen molar-refractivity contribution < 1.29 is 33.3 Å². The van der Waals surface area contributed by atoms with Crippen molar-refractivity contribution in [3.63, 3.8) is 0 Å². The third kappa shape index (κ3) is 9.07. The summed E-state index contributed by atoms with van der Waals surface area (Å²) in [6.45, 7) is 2.15. The number of carbonyl (C=O) groups excluding carboxylic acids is 3. The van der Waals surface area contributed by atoms with E-state index >= 15 is 0 Å². The molecule has 2 fully saturated rings. The first-order valence-electron chi connectivity index (χ1n) is 19.0. The lowest BCUT2D eigenvalue weighted by Gasteiger charge is -2.19. The molecule has 3 heterocycles. The second-order valence-electron chi connectivity index (χ2n) is 14.3. The molecule has 0 radical (unpaired) electrons. The molecule has 1 aliphatic carbocycles. The van der Waals surface area contributed by atoms with Gasteiger partial charge in [-0.3, -0.25) is 14.4 Å². The van der Waals surface area contributed by atoms with Gasteiger partial charge in [-0.2, -0.15) is 4.98 Å². The molecule has 0 saturated carbocycles. The van der Waals surface area contributed by atoms with Gasteiger partial charge in [0.15, 0.2) is 0 Å². The van der Waals surface area contributed by atoms with Gasteiger partial charge < -0.3 is 45.5 Å². The first-order valence-corrected chi connectivity index (χ1v) is 19.8. The second-order valence-corrected chi connectivity index (χ2v) is 15.1. The quantitative estimate of drug-likeness (QED) is 0.0890. The number of hydrogen-bond donors (Lipinski definition) is 5. The van der Waals surface area contributed by atoms with Crippen molar-refractivity contribution in [3.05, 3.63) is 92.5 Å². The van der Waals surface area contributed by atoms with E-state index in [-0.39, 0.29) is 41.8 Å². The SMILES string of the molecule is COc1cc(NC(=O)c2cccc(-c3cccc4c3CC[C@@H]4Oc3nc(OC)c(CNC[C@@H]4CCC(=O)N4)cc3Cl)c2Cl)cc(OC)c1CNC[C@@H]1CCC(=O)N1. The average Bonchev–Trinajstić information content (AvgIpc) is 3.95.